The molecule has 0 atom stereocenters. The van der Waals surface area contributed by atoms with Crippen LogP contribution in [-0.2, 0) is 6.54 Å². The standard InChI is InChI=1S/C18H18FN3O2/c1-2-8-24-18-12(4-3-7-20-18)11-21-17(23)16-10-13-9-14(19)5-6-15(13)22-16/h3-7,9-10,22H,2,8,11H2,1H3,(H,21,23). The molecule has 0 fully saturated rings. The van der Waals surface area contributed by atoms with Crippen molar-refractivity contribution in [2.45, 2.75) is 19.9 Å². The number of halogens is 1. The molecule has 2 heterocycles. The van der Waals surface area contributed by atoms with Gasteiger partial charge < -0.3 is 15.0 Å². The van der Waals surface area contributed by atoms with Crippen LogP contribution >= 0.6 is 0 Å². The highest BCUT2D eigenvalue weighted by Crippen LogP contribution is 2.17. The van der Waals surface area contributed by atoms with E-state index in [1.54, 1.807) is 24.4 Å². The van der Waals surface area contributed by atoms with Crippen LogP contribution in [0.15, 0.2) is 42.6 Å². The molecule has 0 aliphatic heterocycles. The molecule has 1 amide bonds. The number of carbonyl (C=O) groups excluding carboxylic acids is 1. The topological polar surface area (TPSA) is 67.0 Å². The van der Waals surface area contributed by atoms with Crippen LogP contribution in [0.5, 0.6) is 5.88 Å². The molecule has 0 radical (unpaired) electrons. The molecule has 0 aliphatic carbocycles. The van der Waals surface area contributed by atoms with Crippen molar-refractivity contribution in [3.8, 4) is 5.88 Å². The van der Waals surface area contributed by atoms with Crippen LogP contribution in [0.3, 0.4) is 0 Å². The van der Waals surface area contributed by atoms with Gasteiger partial charge >= 0.3 is 0 Å². The smallest absolute Gasteiger partial charge is 0.267 e. The number of H-pyrrole nitrogens is 1. The van der Waals surface area contributed by atoms with E-state index >= 15 is 0 Å². The number of benzene rings is 1. The minimum atomic E-state index is -0.332. The Hall–Kier alpha value is -2.89. The van der Waals surface area contributed by atoms with E-state index in [9.17, 15) is 9.18 Å². The van der Waals surface area contributed by atoms with E-state index in [0.717, 1.165) is 17.5 Å². The summed E-state index contributed by atoms with van der Waals surface area (Å²) < 4.78 is 18.8. The predicted molar refractivity (Wildman–Crippen MR) is 89.4 cm³/mol. The average molecular weight is 327 g/mol. The van der Waals surface area contributed by atoms with Gasteiger partial charge in [0.05, 0.1) is 6.61 Å². The van der Waals surface area contributed by atoms with Gasteiger partial charge in [0.2, 0.25) is 5.88 Å². The molecule has 0 spiro atoms. The van der Waals surface area contributed by atoms with E-state index in [1.165, 1.54) is 12.1 Å². The van der Waals surface area contributed by atoms with Crippen molar-refractivity contribution in [2.75, 3.05) is 6.61 Å². The van der Waals surface area contributed by atoms with Gasteiger partial charge in [-0.05, 0) is 36.8 Å². The number of hydrogen-bond acceptors (Lipinski definition) is 3. The Bertz CT molecular complexity index is 860. The van der Waals surface area contributed by atoms with Crippen molar-refractivity contribution in [1.29, 1.82) is 0 Å². The zero-order valence-corrected chi connectivity index (χ0v) is 13.3. The second-order valence-electron chi connectivity index (χ2n) is 5.41. The third-order valence-electron chi connectivity index (χ3n) is 3.56. The fourth-order valence-electron chi connectivity index (χ4n) is 2.38. The number of nitrogens with one attached hydrogen (secondary N) is 2. The van der Waals surface area contributed by atoms with E-state index in [-0.39, 0.29) is 11.7 Å². The van der Waals surface area contributed by atoms with Crippen LogP contribution in [0.25, 0.3) is 10.9 Å². The molecule has 0 aliphatic rings. The molecule has 24 heavy (non-hydrogen) atoms. The molecule has 0 saturated carbocycles. The molecule has 3 rings (SSSR count). The first-order valence-electron chi connectivity index (χ1n) is 7.80. The third kappa shape index (κ3) is 3.53. The van der Waals surface area contributed by atoms with Crippen LogP contribution in [0.1, 0.15) is 29.4 Å². The summed E-state index contributed by atoms with van der Waals surface area (Å²) in [5.74, 6) is -0.0724. The Morgan fingerprint density at radius 2 is 2.21 bits per heavy atom. The van der Waals surface area contributed by atoms with Crippen molar-refractivity contribution in [2.24, 2.45) is 0 Å². The number of nitrogens with zero attached hydrogens (tertiary/aromatic N) is 1. The normalized spacial score (nSPS) is 10.8. The number of hydrogen-bond donors (Lipinski definition) is 2. The Balaban J connectivity index is 1.70. The van der Waals surface area contributed by atoms with Crippen molar-refractivity contribution in [3.63, 3.8) is 0 Å². The molecule has 124 valence electrons. The number of ether oxygens (including phenoxy) is 1. The third-order valence-corrected chi connectivity index (χ3v) is 3.56. The summed E-state index contributed by atoms with van der Waals surface area (Å²) in [5, 5.41) is 3.48. The minimum Gasteiger partial charge on any atom is -0.477 e. The van der Waals surface area contributed by atoms with Gasteiger partial charge in [0.15, 0.2) is 0 Å². The maximum absolute atomic E-state index is 13.2. The van der Waals surface area contributed by atoms with Crippen molar-refractivity contribution >= 4 is 16.8 Å². The maximum Gasteiger partial charge on any atom is 0.267 e. The predicted octanol–water partition coefficient (Wildman–Crippen LogP) is 3.42. The molecule has 0 unspecified atom stereocenters. The average Bonchev–Trinajstić information content (AvgIpc) is 3.01. The number of amides is 1. The fourth-order valence-corrected chi connectivity index (χ4v) is 2.38. The van der Waals surface area contributed by atoms with E-state index < -0.39 is 0 Å². The molecule has 1 aromatic carbocycles. The van der Waals surface area contributed by atoms with Crippen LogP contribution in [-0.4, -0.2) is 22.5 Å². The minimum absolute atomic E-state index is 0.267. The Morgan fingerprint density at radius 1 is 1.33 bits per heavy atom. The molecular weight excluding hydrogens is 309 g/mol. The quantitative estimate of drug-likeness (QED) is 0.729. The lowest BCUT2D eigenvalue weighted by Gasteiger charge is -2.10. The molecule has 6 heteroatoms. The number of aromatic nitrogens is 2. The molecule has 5 nitrogen and oxygen atoms in total. The molecule has 3 aromatic rings. The SMILES string of the molecule is CCCOc1ncccc1CNC(=O)c1cc2cc(F)ccc2[nH]1. The number of rotatable bonds is 6. The summed E-state index contributed by atoms with van der Waals surface area (Å²) in [5.41, 5.74) is 1.91. The first kappa shape index (κ1) is 16.0. The summed E-state index contributed by atoms with van der Waals surface area (Å²) in [6.07, 6.45) is 2.54. The lowest BCUT2D eigenvalue weighted by atomic mass is 10.2. The molecular formula is C18H18FN3O2. The van der Waals surface area contributed by atoms with Gasteiger partial charge in [-0.25, -0.2) is 9.37 Å². The first-order valence-corrected chi connectivity index (χ1v) is 7.80. The highest BCUT2D eigenvalue weighted by Gasteiger charge is 2.11. The highest BCUT2D eigenvalue weighted by atomic mass is 19.1. The van der Waals surface area contributed by atoms with Crippen LogP contribution in [0, 0.1) is 5.82 Å². The largest absolute Gasteiger partial charge is 0.477 e. The van der Waals surface area contributed by atoms with Crippen LogP contribution < -0.4 is 10.1 Å². The van der Waals surface area contributed by atoms with Gasteiger partial charge in [-0.2, -0.15) is 0 Å². The Kier molecular flexibility index (Phi) is 4.74. The van der Waals surface area contributed by atoms with E-state index in [4.69, 9.17) is 4.74 Å². The van der Waals surface area contributed by atoms with Crippen molar-refractivity contribution in [3.05, 3.63) is 59.7 Å². The lowest BCUT2D eigenvalue weighted by molar-refractivity contribution is 0.0946. The second kappa shape index (κ2) is 7.12. The number of pyridine rings is 1. The molecule has 2 N–H and O–H groups in total. The monoisotopic (exact) mass is 327 g/mol. The Morgan fingerprint density at radius 3 is 3.04 bits per heavy atom. The summed E-state index contributed by atoms with van der Waals surface area (Å²) in [7, 11) is 0. The molecule has 0 saturated heterocycles. The number of aromatic amines is 1. The number of fused-ring (bicyclic) bond motifs is 1. The van der Waals surface area contributed by atoms with E-state index in [1.807, 2.05) is 13.0 Å². The van der Waals surface area contributed by atoms with Gasteiger partial charge in [-0.1, -0.05) is 13.0 Å². The summed E-state index contributed by atoms with van der Waals surface area (Å²) in [4.78, 5) is 19.5. The van der Waals surface area contributed by atoms with Crippen molar-refractivity contribution < 1.29 is 13.9 Å². The summed E-state index contributed by atoms with van der Waals surface area (Å²) in [6.45, 7) is 2.89. The zero-order chi connectivity index (χ0) is 16.9. The Labute approximate surface area is 138 Å². The zero-order valence-electron chi connectivity index (χ0n) is 13.3. The maximum atomic E-state index is 13.2. The van der Waals surface area contributed by atoms with Gasteiger partial charge in [-0.15, -0.1) is 0 Å². The highest BCUT2D eigenvalue weighted by molar-refractivity contribution is 5.97. The second-order valence-corrected chi connectivity index (χ2v) is 5.41. The van der Waals surface area contributed by atoms with Gasteiger partial charge in [0, 0.05) is 29.2 Å². The first-order chi connectivity index (χ1) is 11.7. The molecule has 0 bridgehead atoms. The number of carbonyl (C=O) groups is 1. The van der Waals surface area contributed by atoms with Crippen LogP contribution in [0.4, 0.5) is 4.39 Å². The van der Waals surface area contributed by atoms with E-state index in [2.05, 4.69) is 15.3 Å². The van der Waals surface area contributed by atoms with Crippen molar-refractivity contribution in [1.82, 2.24) is 15.3 Å². The van der Waals surface area contributed by atoms with Gasteiger partial charge in [-0.3, -0.25) is 4.79 Å². The van der Waals surface area contributed by atoms with E-state index in [0.29, 0.717) is 30.1 Å². The lowest BCUT2D eigenvalue weighted by Crippen LogP contribution is -2.23. The molecule has 2 aromatic heterocycles. The van der Waals surface area contributed by atoms with Gasteiger partial charge in [0.1, 0.15) is 11.5 Å². The summed E-state index contributed by atoms with van der Waals surface area (Å²) in [6, 6.07) is 9.64. The fraction of sp³-hybridized carbons (Fsp3) is 0.222. The van der Waals surface area contributed by atoms with Crippen LogP contribution in [0.2, 0.25) is 0 Å². The summed E-state index contributed by atoms with van der Waals surface area (Å²) >= 11 is 0. The van der Waals surface area contributed by atoms with Gasteiger partial charge in [0.25, 0.3) is 5.91 Å².